The van der Waals surface area contributed by atoms with E-state index in [0.717, 1.165) is 44.9 Å². The van der Waals surface area contributed by atoms with Gasteiger partial charge >= 0.3 is 0 Å². The van der Waals surface area contributed by atoms with Crippen molar-refractivity contribution in [1.82, 2.24) is 0 Å². The van der Waals surface area contributed by atoms with Crippen molar-refractivity contribution in [1.29, 1.82) is 0 Å². The Kier molecular flexibility index (Phi) is 20.1. The van der Waals surface area contributed by atoms with Crippen molar-refractivity contribution in [3.05, 3.63) is 200 Å². The maximum absolute atomic E-state index is 2.48. The minimum Gasteiger partial charge on any atom is -0.0602 e. The molecule has 0 amide bonds. The lowest BCUT2D eigenvalue weighted by Gasteiger charge is -2.35. The fourth-order valence-corrected chi connectivity index (χ4v) is 11.9. The molecule has 0 fully saturated rings. The monoisotopic (exact) mass is 1510 g/mol. The van der Waals surface area contributed by atoms with Gasteiger partial charge in [0.1, 0.15) is 0 Å². The number of hydrogen-bond acceptors (Lipinski definition) is 0. The number of hydrogen-bond donors (Lipinski definition) is 0. The van der Waals surface area contributed by atoms with E-state index in [4.69, 9.17) is 0 Å². The molecule has 0 aromatic heterocycles. The average molecular weight is 1510 g/mol. The summed E-state index contributed by atoms with van der Waals surface area (Å²) in [5, 5.41) is 0. The van der Waals surface area contributed by atoms with Gasteiger partial charge in [0.25, 0.3) is 0 Å². The minimum absolute atomic E-state index is 0.212. The van der Waals surface area contributed by atoms with Crippen molar-refractivity contribution in [2.24, 2.45) is 10.8 Å². The largest absolute Gasteiger partial charge is 0.0602 e. The fourth-order valence-electron chi connectivity index (χ4n) is 9.75. The summed E-state index contributed by atoms with van der Waals surface area (Å²) in [5.41, 5.74) is 9.26. The second-order valence-corrected chi connectivity index (χ2v) is 27.7. The zero-order valence-corrected chi connectivity index (χ0v) is 50.5. The summed E-state index contributed by atoms with van der Waals surface area (Å²) in [7, 11) is 0. The van der Waals surface area contributed by atoms with Crippen molar-refractivity contribution in [2.45, 2.75) is 122 Å². The SMILES string of the molecule is CC(C)(C)CC(CC(CC(CC(CC(CC(CC(C)(C)C)c1ccc(I)cc1)c1ccc(I)cc1)c1ccc(I)cc1)c1ccc(I)cc1)c1ccc(I)cc1)c1ccc(I)cc1. The predicted octanol–water partition coefficient (Wildman–Crippen LogP) is 20.1. The van der Waals surface area contributed by atoms with E-state index in [1.165, 1.54) is 54.8 Å². The van der Waals surface area contributed by atoms with Gasteiger partial charge in [0.15, 0.2) is 0 Å². The molecule has 0 aliphatic carbocycles. The third kappa shape index (κ3) is 17.0. The Bertz CT molecular complexity index is 2120. The molecule has 0 nitrogen and oxygen atoms in total. The summed E-state index contributed by atoms with van der Waals surface area (Å²) < 4.78 is 7.77. The summed E-state index contributed by atoms with van der Waals surface area (Å²) in [6.07, 6.45) is 7.88. The maximum atomic E-state index is 2.48. The van der Waals surface area contributed by atoms with Gasteiger partial charge < -0.3 is 0 Å². The summed E-state index contributed by atoms with van der Waals surface area (Å²) in [5.74, 6) is 2.48. The quantitative estimate of drug-likeness (QED) is 0.0753. The Hall–Kier alpha value is -0.300. The third-order valence-electron chi connectivity index (χ3n) is 12.6. The highest BCUT2D eigenvalue weighted by molar-refractivity contribution is 14.1. The molecule has 0 aliphatic heterocycles. The lowest BCUT2D eigenvalue weighted by Crippen LogP contribution is -2.19. The molecule has 6 rings (SSSR count). The van der Waals surface area contributed by atoms with Crippen LogP contribution < -0.4 is 0 Å². The molecule has 0 spiro atoms. The third-order valence-corrected chi connectivity index (χ3v) is 16.9. The van der Waals surface area contributed by atoms with Crippen LogP contribution >= 0.6 is 136 Å². The first-order valence-electron chi connectivity index (χ1n) is 22.4. The van der Waals surface area contributed by atoms with Crippen molar-refractivity contribution < 1.29 is 0 Å². The van der Waals surface area contributed by atoms with Gasteiger partial charge in [-0.15, -0.1) is 0 Å². The van der Waals surface area contributed by atoms with Crippen LogP contribution in [0.3, 0.4) is 0 Å². The lowest BCUT2D eigenvalue weighted by molar-refractivity contribution is 0.306. The van der Waals surface area contributed by atoms with E-state index in [9.17, 15) is 0 Å². The molecule has 0 saturated carbocycles. The Balaban J connectivity index is 1.44. The van der Waals surface area contributed by atoms with Gasteiger partial charge in [-0.1, -0.05) is 114 Å². The fraction of sp³-hybridized carbons (Fsp3) is 0.368. The zero-order valence-electron chi connectivity index (χ0n) is 37.5. The van der Waals surface area contributed by atoms with Crippen LogP contribution in [0.5, 0.6) is 0 Å². The van der Waals surface area contributed by atoms with Crippen LogP contribution in [0.15, 0.2) is 146 Å². The first-order chi connectivity index (χ1) is 29.9. The van der Waals surface area contributed by atoms with E-state index in [0.29, 0.717) is 35.5 Å². The maximum Gasteiger partial charge on any atom is 0.0130 e. The Labute approximate surface area is 462 Å². The highest BCUT2D eigenvalue weighted by Crippen LogP contribution is 2.48. The Morgan fingerprint density at radius 2 is 0.397 bits per heavy atom. The first kappa shape index (κ1) is 52.1. The van der Waals surface area contributed by atoms with Gasteiger partial charge in [-0.05, 0) is 333 Å². The first-order valence-corrected chi connectivity index (χ1v) is 28.9. The molecular formula is C57H62I6. The van der Waals surface area contributed by atoms with Crippen LogP contribution in [0.4, 0.5) is 0 Å². The van der Waals surface area contributed by atoms with Gasteiger partial charge in [-0.25, -0.2) is 0 Å². The molecule has 6 aromatic carbocycles. The van der Waals surface area contributed by atoms with Crippen LogP contribution in [-0.4, -0.2) is 0 Å². The van der Waals surface area contributed by atoms with Gasteiger partial charge in [0.05, 0.1) is 0 Å². The van der Waals surface area contributed by atoms with Crippen LogP contribution in [0, 0.1) is 32.3 Å². The van der Waals surface area contributed by atoms with Crippen LogP contribution in [-0.2, 0) is 0 Å². The van der Waals surface area contributed by atoms with Crippen molar-refractivity contribution >= 4 is 136 Å². The molecule has 6 heteroatoms. The smallest absolute Gasteiger partial charge is 0.0130 e. The highest BCUT2D eigenvalue weighted by atomic mass is 127. The van der Waals surface area contributed by atoms with E-state index < -0.39 is 0 Å². The minimum atomic E-state index is 0.212. The average Bonchev–Trinajstić information content (AvgIpc) is 3.23. The number of rotatable bonds is 18. The molecule has 0 radical (unpaired) electrons. The van der Waals surface area contributed by atoms with E-state index in [1.54, 1.807) is 0 Å². The van der Waals surface area contributed by atoms with Crippen LogP contribution in [0.25, 0.3) is 0 Å². The second kappa shape index (κ2) is 24.3. The van der Waals surface area contributed by atoms with Crippen molar-refractivity contribution in [3.8, 4) is 0 Å². The number of halogens is 6. The highest BCUT2D eigenvalue weighted by Gasteiger charge is 2.32. The molecule has 0 bridgehead atoms. The van der Waals surface area contributed by atoms with E-state index in [2.05, 4.69) is 323 Å². The molecule has 6 aromatic rings. The lowest BCUT2D eigenvalue weighted by atomic mass is 9.70. The molecule has 0 N–H and O–H groups in total. The van der Waals surface area contributed by atoms with E-state index in [-0.39, 0.29) is 10.8 Å². The Morgan fingerprint density at radius 1 is 0.254 bits per heavy atom. The van der Waals surface area contributed by atoms with E-state index in [1.807, 2.05) is 0 Å². The van der Waals surface area contributed by atoms with Crippen molar-refractivity contribution in [3.63, 3.8) is 0 Å². The molecule has 6 atom stereocenters. The summed E-state index contributed by atoms with van der Waals surface area (Å²) in [6, 6.07) is 57.0. The second-order valence-electron chi connectivity index (χ2n) is 20.2. The predicted molar refractivity (Wildman–Crippen MR) is 323 cm³/mol. The molecular weight excluding hydrogens is 1450 g/mol. The summed E-state index contributed by atoms with van der Waals surface area (Å²) in [6.45, 7) is 14.5. The van der Waals surface area contributed by atoms with E-state index >= 15 is 0 Å². The Morgan fingerprint density at radius 3 is 0.556 bits per heavy atom. The van der Waals surface area contributed by atoms with Crippen LogP contribution in [0.2, 0.25) is 0 Å². The standard InChI is InChI=1S/C57H62I6/c1-56(2,3)36-48(42-15-27-54(62)28-16-42)34-46(40-11-23-52(60)24-12-40)32-44(38-7-19-50(58)20-8-38)31-45(39-9-21-51(59)22-10-39)33-47(41-13-25-53(61)26-14-41)35-49(37-57(4,5)6)43-17-29-55(63)30-18-43/h7-30,44-49H,31-37H2,1-6H3. The van der Waals surface area contributed by atoms with Gasteiger partial charge in [0.2, 0.25) is 0 Å². The molecule has 0 saturated heterocycles. The summed E-state index contributed by atoms with van der Waals surface area (Å²) >= 11 is 14.8. The molecule has 63 heavy (non-hydrogen) atoms. The number of benzene rings is 6. The van der Waals surface area contributed by atoms with Gasteiger partial charge in [-0.3, -0.25) is 0 Å². The van der Waals surface area contributed by atoms with Gasteiger partial charge in [0, 0.05) is 21.4 Å². The molecule has 6 unspecified atom stereocenters. The molecule has 0 aliphatic rings. The summed E-state index contributed by atoms with van der Waals surface area (Å²) in [4.78, 5) is 0. The normalized spacial score (nSPS) is 15.0. The molecule has 0 heterocycles. The molecule has 332 valence electrons. The van der Waals surface area contributed by atoms with Gasteiger partial charge in [-0.2, -0.15) is 0 Å². The topological polar surface area (TPSA) is 0 Å². The van der Waals surface area contributed by atoms with Crippen LogP contribution in [0.1, 0.15) is 155 Å². The zero-order chi connectivity index (χ0) is 45.3. The van der Waals surface area contributed by atoms with Crippen molar-refractivity contribution in [2.75, 3.05) is 0 Å².